The van der Waals surface area contributed by atoms with Gasteiger partial charge in [-0.3, -0.25) is 25.2 Å². The minimum absolute atomic E-state index is 0.0566. The molecule has 31 heavy (non-hydrogen) atoms. The first-order chi connectivity index (χ1) is 14.6. The summed E-state index contributed by atoms with van der Waals surface area (Å²) in [5.41, 5.74) is 5.64. The third kappa shape index (κ3) is 5.48. The van der Waals surface area contributed by atoms with Crippen LogP contribution in [0.25, 0.3) is 10.8 Å². The quantitative estimate of drug-likeness (QED) is 0.373. The molecule has 1 unspecified atom stereocenters. The molecule has 0 saturated carbocycles. The molecule has 0 aliphatic rings. The maximum Gasteiger partial charge on any atom is 0.310 e. The summed E-state index contributed by atoms with van der Waals surface area (Å²) < 4.78 is 5.66. The Bertz CT molecular complexity index is 1110. The topological polar surface area (TPSA) is 84.5 Å². The average Bonchev–Trinajstić information content (AvgIpc) is 2.76. The van der Waals surface area contributed by atoms with Gasteiger partial charge >= 0.3 is 5.91 Å². The Morgan fingerprint density at radius 2 is 1.48 bits per heavy atom. The molecular weight excluding hydrogens is 392 g/mol. The Labute approximate surface area is 181 Å². The molecule has 6 nitrogen and oxygen atoms in total. The predicted molar refractivity (Wildman–Crippen MR) is 120 cm³/mol. The van der Waals surface area contributed by atoms with Crippen LogP contribution in [0.15, 0.2) is 66.7 Å². The lowest BCUT2D eigenvalue weighted by atomic mass is 9.86. The predicted octanol–water partition coefficient (Wildman–Crippen LogP) is 3.93. The summed E-state index contributed by atoms with van der Waals surface area (Å²) in [5.74, 6) is -1.70. The second kappa shape index (κ2) is 9.00. The molecule has 0 heterocycles. The highest BCUT2D eigenvalue weighted by atomic mass is 16.5. The lowest BCUT2D eigenvalue weighted by molar-refractivity contribution is -0.131. The lowest BCUT2D eigenvalue weighted by Crippen LogP contribution is -2.49. The van der Waals surface area contributed by atoms with Gasteiger partial charge < -0.3 is 4.74 Å². The molecule has 0 aromatic heterocycles. The van der Waals surface area contributed by atoms with E-state index >= 15 is 0 Å². The Morgan fingerprint density at radius 1 is 0.839 bits per heavy atom. The van der Waals surface area contributed by atoms with Crippen LogP contribution in [-0.4, -0.2) is 23.7 Å². The highest BCUT2D eigenvalue weighted by Gasteiger charge is 2.21. The van der Waals surface area contributed by atoms with E-state index in [1.165, 1.54) is 0 Å². The smallest absolute Gasteiger partial charge is 0.310 e. The number of rotatable bonds is 5. The van der Waals surface area contributed by atoms with Gasteiger partial charge in [0.2, 0.25) is 0 Å². The first-order valence-electron chi connectivity index (χ1n) is 10.1. The number of carbonyl (C=O) groups excluding carboxylic acids is 3. The van der Waals surface area contributed by atoms with Crippen LogP contribution < -0.4 is 15.6 Å². The molecule has 3 aromatic rings. The average molecular weight is 418 g/mol. The molecule has 2 amide bonds. The van der Waals surface area contributed by atoms with Crippen LogP contribution in [0.2, 0.25) is 0 Å². The fourth-order valence-electron chi connectivity index (χ4n) is 3.03. The van der Waals surface area contributed by atoms with Gasteiger partial charge in [0, 0.05) is 5.56 Å². The summed E-state index contributed by atoms with van der Waals surface area (Å²) in [5, 5.41) is 2.05. The zero-order chi connectivity index (χ0) is 22.6. The Balaban J connectivity index is 1.55. The van der Waals surface area contributed by atoms with Crippen LogP contribution in [0.3, 0.4) is 0 Å². The molecule has 0 bridgehead atoms. The minimum Gasteiger partial charge on any atom is -0.481 e. The van der Waals surface area contributed by atoms with E-state index in [-0.39, 0.29) is 11.0 Å². The number of nitrogens with one attached hydrogen (secondary N) is 2. The lowest BCUT2D eigenvalue weighted by Gasteiger charge is -2.19. The van der Waals surface area contributed by atoms with Crippen molar-refractivity contribution in [2.75, 3.05) is 0 Å². The molecule has 0 saturated heterocycles. The van der Waals surface area contributed by atoms with Gasteiger partial charge in [-0.1, -0.05) is 75.4 Å². The Morgan fingerprint density at radius 3 is 2.13 bits per heavy atom. The third-order valence-corrected chi connectivity index (χ3v) is 4.92. The highest BCUT2D eigenvalue weighted by Crippen LogP contribution is 2.23. The second-order valence-corrected chi connectivity index (χ2v) is 8.37. The molecular formula is C25H26N2O4. The molecule has 0 spiro atoms. The summed E-state index contributed by atoms with van der Waals surface area (Å²) >= 11 is 0. The van der Waals surface area contributed by atoms with Gasteiger partial charge in [0.05, 0.1) is 0 Å². The van der Waals surface area contributed by atoms with Crippen LogP contribution in [0.5, 0.6) is 5.75 Å². The molecule has 3 aromatic carbocycles. The number of Topliss-reactive ketones (excluding diaryl/α,β-unsaturated/α-hetero) is 1. The Kier molecular flexibility index (Phi) is 6.39. The van der Waals surface area contributed by atoms with Crippen molar-refractivity contribution >= 4 is 28.4 Å². The molecule has 0 radical (unpaired) electrons. The second-order valence-electron chi connectivity index (χ2n) is 8.37. The van der Waals surface area contributed by atoms with E-state index in [1.807, 2.05) is 48.5 Å². The van der Waals surface area contributed by atoms with E-state index in [9.17, 15) is 14.4 Å². The largest absolute Gasteiger partial charge is 0.481 e. The maximum atomic E-state index is 12.3. The van der Waals surface area contributed by atoms with Crippen molar-refractivity contribution in [1.29, 1.82) is 0 Å². The van der Waals surface area contributed by atoms with Gasteiger partial charge in [0.15, 0.2) is 6.10 Å². The normalized spacial score (nSPS) is 12.1. The first kappa shape index (κ1) is 22.0. The number of ketones is 1. The van der Waals surface area contributed by atoms with E-state index in [4.69, 9.17) is 4.74 Å². The number of carbonyl (C=O) groups is 3. The van der Waals surface area contributed by atoms with E-state index in [0.29, 0.717) is 5.75 Å². The fraction of sp³-hybridized carbons (Fsp3) is 0.240. The minimum atomic E-state index is -0.922. The van der Waals surface area contributed by atoms with Crippen molar-refractivity contribution in [1.82, 2.24) is 10.9 Å². The van der Waals surface area contributed by atoms with Crippen molar-refractivity contribution in [2.24, 2.45) is 0 Å². The highest BCUT2D eigenvalue weighted by molar-refractivity contribution is 6.42. The van der Waals surface area contributed by atoms with E-state index in [1.54, 1.807) is 25.1 Å². The SMILES string of the molecule is CC(Oc1ccc2ccccc2c1)C(=O)NNC(=O)C(=O)c1ccc(C(C)(C)C)cc1. The summed E-state index contributed by atoms with van der Waals surface area (Å²) in [7, 11) is 0. The van der Waals surface area contributed by atoms with Crippen LogP contribution in [0.1, 0.15) is 43.6 Å². The monoisotopic (exact) mass is 418 g/mol. The van der Waals surface area contributed by atoms with Gasteiger partial charge in [0.25, 0.3) is 11.7 Å². The number of amides is 2. The molecule has 2 N–H and O–H groups in total. The van der Waals surface area contributed by atoms with Gasteiger partial charge in [-0.15, -0.1) is 0 Å². The standard InChI is InChI=1S/C25H26N2O4/c1-16(31-21-14-11-17-7-5-6-8-19(17)15-21)23(29)26-27-24(30)22(28)18-9-12-20(13-10-18)25(2,3)4/h5-16H,1-4H3,(H,26,29)(H,27,30). The molecule has 0 aliphatic carbocycles. The van der Waals surface area contributed by atoms with Crippen molar-refractivity contribution in [3.05, 3.63) is 77.9 Å². The van der Waals surface area contributed by atoms with E-state index in [2.05, 4.69) is 31.6 Å². The van der Waals surface area contributed by atoms with Crippen molar-refractivity contribution in [3.8, 4) is 5.75 Å². The van der Waals surface area contributed by atoms with Crippen LogP contribution in [0.4, 0.5) is 0 Å². The summed E-state index contributed by atoms with van der Waals surface area (Å²) in [4.78, 5) is 36.7. The van der Waals surface area contributed by atoms with Crippen molar-refractivity contribution < 1.29 is 19.1 Å². The van der Waals surface area contributed by atoms with Crippen molar-refractivity contribution in [2.45, 2.75) is 39.2 Å². The first-order valence-corrected chi connectivity index (χ1v) is 10.1. The maximum absolute atomic E-state index is 12.3. The summed E-state index contributed by atoms with van der Waals surface area (Å²) in [6, 6.07) is 20.2. The molecule has 1 atom stereocenters. The Hall–Kier alpha value is -3.67. The van der Waals surface area contributed by atoms with E-state index < -0.39 is 23.7 Å². The van der Waals surface area contributed by atoms with Crippen LogP contribution in [-0.2, 0) is 15.0 Å². The molecule has 0 aliphatic heterocycles. The zero-order valence-corrected chi connectivity index (χ0v) is 18.1. The number of benzene rings is 3. The molecule has 3 rings (SSSR count). The van der Waals surface area contributed by atoms with Gasteiger partial charge in [-0.05, 0) is 40.8 Å². The molecule has 0 fully saturated rings. The summed E-state index contributed by atoms with van der Waals surface area (Å²) in [6.07, 6.45) is -0.873. The molecule has 6 heteroatoms. The van der Waals surface area contributed by atoms with E-state index in [0.717, 1.165) is 16.3 Å². The van der Waals surface area contributed by atoms with Gasteiger partial charge in [-0.2, -0.15) is 0 Å². The van der Waals surface area contributed by atoms with Crippen molar-refractivity contribution in [3.63, 3.8) is 0 Å². The molecule has 160 valence electrons. The van der Waals surface area contributed by atoms with Crippen LogP contribution in [0, 0.1) is 0 Å². The zero-order valence-electron chi connectivity index (χ0n) is 18.1. The third-order valence-electron chi connectivity index (χ3n) is 4.92. The number of hydrazine groups is 1. The number of fused-ring (bicyclic) bond motifs is 1. The number of ether oxygens (including phenoxy) is 1. The summed E-state index contributed by atoms with van der Waals surface area (Å²) in [6.45, 7) is 7.75. The fourth-order valence-corrected chi connectivity index (χ4v) is 3.03. The van der Waals surface area contributed by atoms with Crippen LogP contribution >= 0.6 is 0 Å². The van der Waals surface area contributed by atoms with Gasteiger partial charge in [-0.25, -0.2) is 0 Å². The van der Waals surface area contributed by atoms with Gasteiger partial charge in [0.1, 0.15) is 5.75 Å². The number of hydrogen-bond acceptors (Lipinski definition) is 4. The number of hydrogen-bond donors (Lipinski definition) is 2.